The molecule has 5 rings (SSSR count). The summed E-state index contributed by atoms with van der Waals surface area (Å²) in [5.74, 6) is -0.463. The van der Waals surface area contributed by atoms with Gasteiger partial charge in [0.2, 0.25) is 5.91 Å². The van der Waals surface area contributed by atoms with Crippen LogP contribution in [0.5, 0.6) is 0 Å². The zero-order valence-corrected chi connectivity index (χ0v) is 20.7. The summed E-state index contributed by atoms with van der Waals surface area (Å²) in [6.07, 6.45) is 4.04. The number of aryl methyl sites for hydroxylation is 3. The summed E-state index contributed by atoms with van der Waals surface area (Å²) in [5, 5.41) is 6.30. The number of thiazole rings is 1. The molecule has 0 aliphatic heterocycles. The number of nitrogens with one attached hydrogen (secondary N) is 1. The van der Waals surface area contributed by atoms with Crippen molar-refractivity contribution in [3.8, 4) is 0 Å². The highest BCUT2D eigenvalue weighted by Crippen LogP contribution is 2.30. The third kappa shape index (κ3) is 5.10. The SMILES string of the molecule is Cc1ccc2nc3c(c(C(=O)OCc4csc(CC(=O)Nc5ccccc5C)n4)c2c1)CCCC3. The van der Waals surface area contributed by atoms with Crippen molar-refractivity contribution in [3.05, 3.63) is 86.5 Å². The Kier molecular flexibility index (Phi) is 6.59. The number of fused-ring (bicyclic) bond motifs is 2. The second-order valence-corrected chi connectivity index (χ2v) is 9.93. The van der Waals surface area contributed by atoms with E-state index in [1.165, 1.54) is 11.3 Å². The molecule has 0 unspecified atom stereocenters. The van der Waals surface area contributed by atoms with Crippen molar-refractivity contribution in [1.82, 2.24) is 9.97 Å². The van der Waals surface area contributed by atoms with Gasteiger partial charge in [-0.05, 0) is 68.9 Å². The van der Waals surface area contributed by atoms with Crippen molar-refractivity contribution in [2.45, 2.75) is 52.6 Å². The fourth-order valence-electron chi connectivity index (χ4n) is 4.52. The van der Waals surface area contributed by atoms with Gasteiger partial charge in [0.25, 0.3) is 0 Å². The van der Waals surface area contributed by atoms with Crippen LogP contribution in [0.15, 0.2) is 47.8 Å². The molecule has 0 atom stereocenters. The lowest BCUT2D eigenvalue weighted by atomic mass is 9.89. The fourth-order valence-corrected chi connectivity index (χ4v) is 5.30. The van der Waals surface area contributed by atoms with Crippen LogP contribution in [-0.4, -0.2) is 21.8 Å². The maximum Gasteiger partial charge on any atom is 0.339 e. The molecule has 0 saturated carbocycles. The highest BCUT2D eigenvalue weighted by atomic mass is 32.1. The topological polar surface area (TPSA) is 81.2 Å². The molecule has 2 aromatic carbocycles. The van der Waals surface area contributed by atoms with Gasteiger partial charge in [-0.15, -0.1) is 11.3 Å². The second kappa shape index (κ2) is 9.96. The summed E-state index contributed by atoms with van der Waals surface area (Å²) < 4.78 is 5.73. The number of nitrogens with zero attached hydrogens (tertiary/aromatic N) is 2. The van der Waals surface area contributed by atoms with E-state index >= 15 is 0 Å². The van der Waals surface area contributed by atoms with Crippen LogP contribution >= 0.6 is 11.3 Å². The monoisotopic (exact) mass is 485 g/mol. The molecular weight excluding hydrogens is 458 g/mol. The molecule has 0 bridgehead atoms. The number of aromatic nitrogens is 2. The van der Waals surface area contributed by atoms with E-state index < -0.39 is 0 Å². The zero-order valence-electron chi connectivity index (χ0n) is 19.9. The van der Waals surface area contributed by atoms with Crippen LogP contribution in [0.1, 0.15) is 56.3 Å². The number of pyridine rings is 1. The molecule has 0 spiro atoms. The van der Waals surface area contributed by atoms with E-state index in [1.54, 1.807) is 0 Å². The van der Waals surface area contributed by atoms with E-state index in [-0.39, 0.29) is 24.9 Å². The van der Waals surface area contributed by atoms with Crippen molar-refractivity contribution in [3.63, 3.8) is 0 Å². The number of ether oxygens (including phenoxy) is 1. The Morgan fingerprint density at radius 3 is 2.74 bits per heavy atom. The second-order valence-electron chi connectivity index (χ2n) is 8.99. The van der Waals surface area contributed by atoms with Crippen molar-refractivity contribution >= 4 is 39.8 Å². The molecule has 7 heteroatoms. The molecule has 0 radical (unpaired) electrons. The van der Waals surface area contributed by atoms with E-state index in [0.717, 1.165) is 64.7 Å². The van der Waals surface area contributed by atoms with Gasteiger partial charge in [0, 0.05) is 22.1 Å². The number of para-hydroxylation sites is 1. The molecule has 4 aromatic rings. The smallest absolute Gasteiger partial charge is 0.339 e. The maximum absolute atomic E-state index is 13.3. The molecule has 1 amide bonds. The minimum Gasteiger partial charge on any atom is -0.456 e. The lowest BCUT2D eigenvalue weighted by molar-refractivity contribution is -0.115. The van der Waals surface area contributed by atoms with E-state index in [1.807, 2.05) is 61.7 Å². The van der Waals surface area contributed by atoms with E-state index in [9.17, 15) is 9.59 Å². The van der Waals surface area contributed by atoms with Crippen LogP contribution < -0.4 is 5.32 Å². The third-order valence-electron chi connectivity index (χ3n) is 6.30. The van der Waals surface area contributed by atoms with Gasteiger partial charge in [0.1, 0.15) is 11.6 Å². The number of hydrogen-bond donors (Lipinski definition) is 1. The molecule has 6 nitrogen and oxygen atoms in total. The number of carbonyl (C=O) groups is 2. The van der Waals surface area contributed by atoms with Gasteiger partial charge < -0.3 is 10.1 Å². The number of amides is 1. The highest BCUT2D eigenvalue weighted by Gasteiger charge is 2.24. The van der Waals surface area contributed by atoms with Gasteiger partial charge in [-0.2, -0.15) is 0 Å². The first-order chi connectivity index (χ1) is 17.0. The predicted octanol–water partition coefficient (Wildman–Crippen LogP) is 5.73. The minimum atomic E-state index is -0.340. The van der Waals surface area contributed by atoms with Gasteiger partial charge in [-0.1, -0.05) is 29.8 Å². The van der Waals surface area contributed by atoms with E-state index in [0.29, 0.717) is 16.3 Å². The standard InChI is InChI=1S/C28H27N3O3S/c1-17-11-12-24-21(13-17)27(20-8-4-6-10-23(20)30-24)28(33)34-15-19-16-35-26(29-19)14-25(32)31-22-9-5-3-7-18(22)2/h3,5,7,9,11-13,16H,4,6,8,10,14-15H2,1-2H3,(H,31,32). The van der Waals surface area contributed by atoms with Crippen LogP contribution in [0.2, 0.25) is 0 Å². The van der Waals surface area contributed by atoms with Crippen molar-refractivity contribution in [2.24, 2.45) is 0 Å². The normalized spacial score (nSPS) is 12.9. The first-order valence-electron chi connectivity index (χ1n) is 11.9. The average Bonchev–Trinajstić information content (AvgIpc) is 3.29. The van der Waals surface area contributed by atoms with Crippen molar-refractivity contribution in [1.29, 1.82) is 0 Å². The summed E-state index contributed by atoms with van der Waals surface area (Å²) in [6.45, 7) is 4.04. The van der Waals surface area contributed by atoms with E-state index in [2.05, 4.69) is 10.3 Å². The van der Waals surface area contributed by atoms with Crippen molar-refractivity contribution < 1.29 is 14.3 Å². The van der Waals surface area contributed by atoms with Gasteiger partial charge in [-0.25, -0.2) is 9.78 Å². The van der Waals surface area contributed by atoms with Gasteiger partial charge in [-0.3, -0.25) is 9.78 Å². The number of esters is 1. The molecule has 2 heterocycles. The number of rotatable bonds is 6. The van der Waals surface area contributed by atoms with Gasteiger partial charge in [0.15, 0.2) is 0 Å². The molecule has 2 aromatic heterocycles. The molecule has 35 heavy (non-hydrogen) atoms. The van der Waals surface area contributed by atoms with Crippen LogP contribution in [0, 0.1) is 13.8 Å². The summed E-state index contributed by atoms with van der Waals surface area (Å²) in [4.78, 5) is 35.1. The Morgan fingerprint density at radius 1 is 1.06 bits per heavy atom. The number of anilines is 1. The molecular formula is C28H27N3O3S. The Hall–Kier alpha value is -3.58. The highest BCUT2D eigenvalue weighted by molar-refractivity contribution is 7.09. The van der Waals surface area contributed by atoms with Gasteiger partial charge in [0.05, 0.1) is 23.2 Å². The average molecular weight is 486 g/mol. The Labute approximate surface area is 208 Å². The predicted molar refractivity (Wildman–Crippen MR) is 138 cm³/mol. The van der Waals surface area contributed by atoms with Crippen LogP contribution in [0.4, 0.5) is 5.69 Å². The molecule has 178 valence electrons. The Bertz CT molecular complexity index is 1430. The largest absolute Gasteiger partial charge is 0.456 e. The van der Waals surface area contributed by atoms with Gasteiger partial charge >= 0.3 is 5.97 Å². The van der Waals surface area contributed by atoms with Crippen LogP contribution in [-0.2, 0) is 35.4 Å². The molecule has 1 aliphatic rings. The number of carbonyl (C=O) groups excluding carboxylic acids is 2. The quantitative estimate of drug-likeness (QED) is 0.353. The third-order valence-corrected chi connectivity index (χ3v) is 7.20. The summed E-state index contributed by atoms with van der Waals surface area (Å²) in [7, 11) is 0. The molecule has 0 fully saturated rings. The Balaban J connectivity index is 1.29. The fraction of sp³-hybridized carbons (Fsp3) is 0.286. The van der Waals surface area contributed by atoms with E-state index in [4.69, 9.17) is 9.72 Å². The first-order valence-corrected chi connectivity index (χ1v) is 12.7. The van der Waals surface area contributed by atoms with Crippen molar-refractivity contribution in [2.75, 3.05) is 5.32 Å². The summed E-state index contributed by atoms with van der Waals surface area (Å²) in [6, 6.07) is 13.7. The first kappa shape index (κ1) is 23.2. The summed E-state index contributed by atoms with van der Waals surface area (Å²) in [5.41, 5.74) is 7.03. The summed E-state index contributed by atoms with van der Waals surface area (Å²) >= 11 is 1.39. The molecule has 1 N–H and O–H groups in total. The number of hydrogen-bond acceptors (Lipinski definition) is 6. The van der Waals surface area contributed by atoms with Crippen LogP contribution in [0.3, 0.4) is 0 Å². The Morgan fingerprint density at radius 2 is 1.89 bits per heavy atom. The maximum atomic E-state index is 13.3. The molecule has 0 saturated heterocycles. The number of benzene rings is 2. The lowest BCUT2D eigenvalue weighted by Crippen LogP contribution is -2.16. The molecule has 1 aliphatic carbocycles. The minimum absolute atomic E-state index is 0.0686. The van der Waals surface area contributed by atoms with Crippen LogP contribution in [0.25, 0.3) is 10.9 Å². The lowest BCUT2D eigenvalue weighted by Gasteiger charge is -2.20. The zero-order chi connectivity index (χ0) is 24.4.